The van der Waals surface area contributed by atoms with Crippen molar-refractivity contribution in [3.8, 4) is 0 Å². The Kier molecular flexibility index (Phi) is 4.62. The van der Waals surface area contributed by atoms with Gasteiger partial charge in [-0.15, -0.1) is 0 Å². The van der Waals surface area contributed by atoms with Crippen LogP contribution in [0.3, 0.4) is 0 Å². The van der Waals surface area contributed by atoms with Crippen LogP contribution in [0.1, 0.15) is 61.5 Å². The Bertz CT molecular complexity index is 617. The molecule has 1 heterocycles. The third-order valence-corrected chi connectivity index (χ3v) is 4.46. The van der Waals surface area contributed by atoms with Crippen LogP contribution >= 0.6 is 0 Å². The molecule has 0 fully saturated rings. The van der Waals surface area contributed by atoms with E-state index in [1.54, 1.807) is 6.26 Å². The first-order chi connectivity index (χ1) is 10.8. The number of aryl methyl sites for hydroxylation is 1. The summed E-state index contributed by atoms with van der Waals surface area (Å²) in [7, 11) is 0. The Hall–Kier alpha value is -2.03. The van der Waals surface area contributed by atoms with Crippen LogP contribution in [-0.4, -0.2) is 5.91 Å². The van der Waals surface area contributed by atoms with Gasteiger partial charge in [-0.25, -0.2) is 0 Å². The Morgan fingerprint density at radius 3 is 2.91 bits per heavy atom. The van der Waals surface area contributed by atoms with Crippen LogP contribution in [0.25, 0.3) is 0 Å². The second-order valence-corrected chi connectivity index (χ2v) is 6.00. The number of furan rings is 1. The number of hydrogen-bond donors (Lipinski definition) is 1. The molecule has 2 aromatic rings. The van der Waals surface area contributed by atoms with Crippen LogP contribution in [0.4, 0.5) is 0 Å². The monoisotopic (exact) mass is 297 g/mol. The van der Waals surface area contributed by atoms with Crippen molar-refractivity contribution in [1.29, 1.82) is 0 Å². The van der Waals surface area contributed by atoms with Gasteiger partial charge in [-0.1, -0.05) is 43.7 Å². The van der Waals surface area contributed by atoms with Crippen molar-refractivity contribution in [3.63, 3.8) is 0 Å². The van der Waals surface area contributed by atoms with E-state index in [2.05, 4.69) is 12.2 Å². The third-order valence-electron chi connectivity index (χ3n) is 4.46. The van der Waals surface area contributed by atoms with E-state index >= 15 is 0 Å². The highest BCUT2D eigenvalue weighted by atomic mass is 16.3. The summed E-state index contributed by atoms with van der Waals surface area (Å²) in [6.45, 7) is 2.12. The summed E-state index contributed by atoms with van der Waals surface area (Å²) in [5, 5.41) is 3.25. The summed E-state index contributed by atoms with van der Waals surface area (Å²) in [6, 6.07) is 12.2. The number of fused-ring (bicyclic) bond motifs is 1. The molecule has 0 saturated carbocycles. The van der Waals surface area contributed by atoms with Crippen molar-refractivity contribution >= 4 is 5.91 Å². The zero-order valence-electron chi connectivity index (χ0n) is 13.0. The van der Waals surface area contributed by atoms with Crippen molar-refractivity contribution < 1.29 is 9.21 Å². The van der Waals surface area contributed by atoms with E-state index in [0.717, 1.165) is 49.0 Å². The zero-order valence-corrected chi connectivity index (χ0v) is 13.0. The van der Waals surface area contributed by atoms with E-state index in [4.69, 9.17) is 4.42 Å². The van der Waals surface area contributed by atoms with Crippen molar-refractivity contribution in [2.75, 3.05) is 0 Å². The maximum Gasteiger partial charge on any atom is 0.228 e. The molecule has 1 aliphatic rings. The highest BCUT2D eigenvalue weighted by molar-refractivity contribution is 5.84. The fourth-order valence-electron chi connectivity index (χ4n) is 3.33. The van der Waals surface area contributed by atoms with Gasteiger partial charge in [0.2, 0.25) is 5.91 Å². The van der Waals surface area contributed by atoms with Crippen LogP contribution in [0.15, 0.2) is 47.1 Å². The van der Waals surface area contributed by atoms with E-state index in [1.807, 2.05) is 36.4 Å². The minimum atomic E-state index is -0.0662. The molecule has 1 aliphatic carbocycles. The van der Waals surface area contributed by atoms with E-state index in [-0.39, 0.29) is 17.9 Å². The topological polar surface area (TPSA) is 42.2 Å². The Balaban J connectivity index is 1.75. The number of carbonyl (C=O) groups is 1. The van der Waals surface area contributed by atoms with Gasteiger partial charge in [0, 0.05) is 12.0 Å². The lowest BCUT2D eigenvalue weighted by Crippen LogP contribution is -2.34. The minimum absolute atomic E-state index is 0.0662. The highest BCUT2D eigenvalue weighted by Crippen LogP contribution is 2.31. The lowest BCUT2D eigenvalue weighted by atomic mass is 9.90. The van der Waals surface area contributed by atoms with E-state index in [1.165, 1.54) is 0 Å². The molecule has 1 aromatic heterocycles. The second kappa shape index (κ2) is 6.82. The fourth-order valence-corrected chi connectivity index (χ4v) is 3.33. The molecule has 0 saturated heterocycles. The Morgan fingerprint density at radius 2 is 2.14 bits per heavy atom. The van der Waals surface area contributed by atoms with Crippen LogP contribution in [0, 0.1) is 0 Å². The predicted molar refractivity (Wildman–Crippen MR) is 86.6 cm³/mol. The summed E-state index contributed by atoms with van der Waals surface area (Å²) in [4.78, 5) is 12.8. The quantitative estimate of drug-likeness (QED) is 0.891. The van der Waals surface area contributed by atoms with Gasteiger partial charge < -0.3 is 9.73 Å². The van der Waals surface area contributed by atoms with Gasteiger partial charge in [-0.2, -0.15) is 0 Å². The Labute approximate surface area is 131 Å². The number of nitrogens with one attached hydrogen (secondary N) is 1. The molecule has 0 radical (unpaired) electrons. The Morgan fingerprint density at radius 1 is 1.32 bits per heavy atom. The molecular formula is C19H23NO2. The van der Waals surface area contributed by atoms with Gasteiger partial charge in [0.25, 0.3) is 0 Å². The summed E-state index contributed by atoms with van der Waals surface area (Å²) >= 11 is 0. The van der Waals surface area contributed by atoms with Gasteiger partial charge in [0.1, 0.15) is 5.76 Å². The van der Waals surface area contributed by atoms with Gasteiger partial charge in [0.05, 0.1) is 18.2 Å². The van der Waals surface area contributed by atoms with Gasteiger partial charge in [0.15, 0.2) is 0 Å². The number of hydrogen-bond acceptors (Lipinski definition) is 2. The summed E-state index contributed by atoms with van der Waals surface area (Å²) in [6.07, 6.45) is 6.64. The molecule has 1 N–H and O–H groups in total. The fraction of sp³-hybridized carbons (Fsp3) is 0.421. The molecule has 0 aliphatic heterocycles. The molecule has 3 nitrogen and oxygen atoms in total. The lowest BCUT2D eigenvalue weighted by Gasteiger charge is -2.25. The van der Waals surface area contributed by atoms with Crippen LogP contribution < -0.4 is 5.32 Å². The van der Waals surface area contributed by atoms with Gasteiger partial charge in [-0.3, -0.25) is 4.79 Å². The maximum absolute atomic E-state index is 12.8. The molecule has 1 aromatic carbocycles. The zero-order chi connectivity index (χ0) is 15.4. The molecule has 0 bridgehead atoms. The molecule has 2 unspecified atom stereocenters. The largest absolute Gasteiger partial charge is 0.469 e. The molecule has 1 amide bonds. The van der Waals surface area contributed by atoms with Crippen molar-refractivity contribution in [2.24, 2.45) is 0 Å². The first kappa shape index (κ1) is 14.9. The standard InChI is InChI=1S/C19H23NO2/c1-2-7-15(14-8-4-3-5-9-14)19(21)20-17-10-6-11-18-16(17)12-13-22-18/h3-5,8-9,12-13,15,17H,2,6-7,10-11H2,1H3,(H,20,21). The first-order valence-corrected chi connectivity index (χ1v) is 8.21. The van der Waals surface area contributed by atoms with Crippen LogP contribution in [-0.2, 0) is 11.2 Å². The smallest absolute Gasteiger partial charge is 0.228 e. The van der Waals surface area contributed by atoms with E-state index in [0.29, 0.717) is 0 Å². The van der Waals surface area contributed by atoms with Crippen molar-refractivity contribution in [3.05, 3.63) is 59.5 Å². The average molecular weight is 297 g/mol. The van der Waals surface area contributed by atoms with E-state index < -0.39 is 0 Å². The molecule has 2 atom stereocenters. The minimum Gasteiger partial charge on any atom is -0.469 e. The summed E-state index contributed by atoms with van der Waals surface area (Å²) in [5.41, 5.74) is 2.26. The predicted octanol–water partition coefficient (Wildman–Crippen LogP) is 4.36. The van der Waals surface area contributed by atoms with Crippen LogP contribution in [0.5, 0.6) is 0 Å². The third kappa shape index (κ3) is 3.08. The van der Waals surface area contributed by atoms with Crippen molar-refractivity contribution in [1.82, 2.24) is 5.32 Å². The first-order valence-electron chi connectivity index (χ1n) is 8.21. The molecule has 3 rings (SSSR count). The summed E-state index contributed by atoms with van der Waals surface area (Å²) < 4.78 is 5.51. The lowest BCUT2D eigenvalue weighted by molar-refractivity contribution is -0.123. The molecule has 0 spiro atoms. The SMILES string of the molecule is CCCC(C(=O)NC1CCCc2occc21)c1ccccc1. The van der Waals surface area contributed by atoms with Gasteiger partial charge >= 0.3 is 0 Å². The van der Waals surface area contributed by atoms with Gasteiger partial charge in [-0.05, 0) is 30.9 Å². The molecular weight excluding hydrogens is 274 g/mol. The highest BCUT2D eigenvalue weighted by Gasteiger charge is 2.27. The molecule has 3 heteroatoms. The number of amides is 1. The molecule has 116 valence electrons. The number of rotatable bonds is 5. The normalized spacial score (nSPS) is 18.5. The molecule has 22 heavy (non-hydrogen) atoms. The summed E-state index contributed by atoms with van der Waals surface area (Å²) in [5.74, 6) is 1.10. The second-order valence-electron chi connectivity index (χ2n) is 6.00. The van der Waals surface area contributed by atoms with Crippen LogP contribution in [0.2, 0.25) is 0 Å². The average Bonchev–Trinajstić information content (AvgIpc) is 3.03. The van der Waals surface area contributed by atoms with E-state index in [9.17, 15) is 4.79 Å². The number of carbonyl (C=O) groups excluding carboxylic acids is 1. The number of benzene rings is 1. The van der Waals surface area contributed by atoms with Crippen molar-refractivity contribution in [2.45, 2.75) is 51.0 Å². The maximum atomic E-state index is 12.8.